The number of carbonyl (C=O) groups excluding carboxylic acids is 2. The highest BCUT2D eigenvalue weighted by Gasteiger charge is 2.60. The maximum atomic E-state index is 13.8. The summed E-state index contributed by atoms with van der Waals surface area (Å²) >= 11 is 0. The molecule has 0 aromatic heterocycles. The molecule has 0 bridgehead atoms. The number of nitro groups is 1. The van der Waals surface area contributed by atoms with Crippen molar-refractivity contribution in [3.05, 3.63) is 94.5 Å². The van der Waals surface area contributed by atoms with Crippen LogP contribution in [-0.4, -0.2) is 29.4 Å². The van der Waals surface area contributed by atoms with Crippen molar-refractivity contribution in [2.45, 2.75) is 44.8 Å². The summed E-state index contributed by atoms with van der Waals surface area (Å²) in [5, 5.41) is 13.0. The zero-order valence-electron chi connectivity index (χ0n) is 21.1. The average Bonchev–Trinajstić information content (AvgIpc) is 3.45. The number of fused-ring (bicyclic) bond motifs is 1. The van der Waals surface area contributed by atoms with E-state index in [1.54, 1.807) is 48.5 Å². The Balaban J connectivity index is 1.41. The molecule has 9 nitrogen and oxygen atoms in total. The van der Waals surface area contributed by atoms with Crippen molar-refractivity contribution >= 4 is 28.9 Å². The number of nitro benzene ring substituents is 1. The lowest BCUT2D eigenvalue weighted by atomic mass is 9.90. The maximum Gasteiger partial charge on any atom is 0.269 e. The molecule has 3 aromatic carbocycles. The van der Waals surface area contributed by atoms with Crippen molar-refractivity contribution in [1.29, 1.82) is 0 Å². The second-order valence-corrected chi connectivity index (χ2v) is 9.42. The van der Waals surface area contributed by atoms with Gasteiger partial charge in [0, 0.05) is 12.1 Å². The number of rotatable bonds is 10. The lowest BCUT2D eigenvalue weighted by Crippen LogP contribution is -2.37. The number of para-hydroxylation sites is 1. The number of ether oxygens (including phenoxy) is 1. The van der Waals surface area contributed by atoms with Crippen molar-refractivity contribution in [3.8, 4) is 5.75 Å². The number of imide groups is 1. The summed E-state index contributed by atoms with van der Waals surface area (Å²) in [4.78, 5) is 45.5. The summed E-state index contributed by atoms with van der Waals surface area (Å²) in [7, 11) is 0. The van der Waals surface area contributed by atoms with E-state index < -0.39 is 34.8 Å². The third kappa shape index (κ3) is 4.84. The van der Waals surface area contributed by atoms with Gasteiger partial charge in [0.15, 0.2) is 6.10 Å². The van der Waals surface area contributed by atoms with Crippen molar-refractivity contribution in [3.63, 3.8) is 0 Å². The molecule has 3 atom stereocenters. The predicted octanol–water partition coefficient (Wildman–Crippen LogP) is 5.61. The zero-order chi connectivity index (χ0) is 26.6. The SMILES string of the molecule is CCCCCCOc1ccc(N2C(=O)[C@H]3[C@H](ON(c4ccccc4)[C@H]3c3cccc([N+](=O)[O-])c3)C2=O)cc1. The Morgan fingerprint density at radius 2 is 1.66 bits per heavy atom. The highest BCUT2D eigenvalue weighted by molar-refractivity contribution is 6.23. The summed E-state index contributed by atoms with van der Waals surface area (Å²) in [6.07, 6.45) is 3.35. The number of non-ortho nitro benzene ring substituents is 1. The largest absolute Gasteiger partial charge is 0.494 e. The van der Waals surface area contributed by atoms with Gasteiger partial charge in [0.25, 0.3) is 11.6 Å². The minimum atomic E-state index is -1.05. The molecule has 0 aliphatic carbocycles. The van der Waals surface area contributed by atoms with Crippen LogP contribution in [0.3, 0.4) is 0 Å². The Kier molecular flexibility index (Phi) is 7.37. The quantitative estimate of drug-likeness (QED) is 0.150. The Morgan fingerprint density at radius 3 is 2.37 bits per heavy atom. The summed E-state index contributed by atoms with van der Waals surface area (Å²) in [5.41, 5.74) is 1.50. The fourth-order valence-corrected chi connectivity index (χ4v) is 5.04. The highest BCUT2D eigenvalue weighted by atomic mass is 16.7. The monoisotopic (exact) mass is 515 g/mol. The smallest absolute Gasteiger partial charge is 0.269 e. The first kappa shape index (κ1) is 25.4. The van der Waals surface area contributed by atoms with Gasteiger partial charge in [0.05, 0.1) is 28.9 Å². The van der Waals surface area contributed by atoms with Crippen LogP contribution in [0.1, 0.15) is 44.2 Å². The van der Waals surface area contributed by atoms with Gasteiger partial charge in [-0.25, -0.2) is 9.96 Å². The molecule has 0 saturated carbocycles. The average molecular weight is 516 g/mol. The molecular weight excluding hydrogens is 486 g/mol. The van der Waals surface area contributed by atoms with E-state index in [0.29, 0.717) is 29.3 Å². The molecule has 2 aliphatic heterocycles. The van der Waals surface area contributed by atoms with Gasteiger partial charge >= 0.3 is 0 Å². The molecule has 0 spiro atoms. The summed E-state index contributed by atoms with van der Waals surface area (Å²) < 4.78 is 5.79. The minimum absolute atomic E-state index is 0.0992. The predicted molar refractivity (Wildman–Crippen MR) is 142 cm³/mol. The van der Waals surface area contributed by atoms with E-state index in [1.165, 1.54) is 23.6 Å². The number of hydrogen-bond donors (Lipinski definition) is 0. The molecule has 5 rings (SSSR count). The lowest BCUT2D eigenvalue weighted by Gasteiger charge is -2.28. The van der Waals surface area contributed by atoms with Crippen molar-refractivity contribution in [2.24, 2.45) is 5.92 Å². The standard InChI is InChI=1S/C29H29N3O6/c1-2-3-4-8-18-37-24-16-14-21(15-17-24)30-28(33)25-26(20-10-9-13-23(19-20)32(35)36)31(38-27(25)29(30)34)22-11-6-5-7-12-22/h5-7,9-17,19,25-27H,2-4,8,18H2,1H3/t25-,26+,27+/m1/s1. The first-order chi connectivity index (χ1) is 18.5. The van der Waals surface area contributed by atoms with E-state index in [-0.39, 0.29) is 5.69 Å². The molecule has 2 aliphatic rings. The van der Waals surface area contributed by atoms with Crippen LogP contribution >= 0.6 is 0 Å². The van der Waals surface area contributed by atoms with Gasteiger partial charge in [0.2, 0.25) is 5.91 Å². The number of unbranched alkanes of at least 4 members (excludes halogenated alkanes) is 3. The Morgan fingerprint density at radius 1 is 0.895 bits per heavy atom. The van der Waals surface area contributed by atoms with E-state index in [0.717, 1.165) is 24.2 Å². The third-order valence-corrected chi connectivity index (χ3v) is 6.91. The Hall–Kier alpha value is -4.24. The van der Waals surface area contributed by atoms with Crippen LogP contribution in [0.5, 0.6) is 5.75 Å². The van der Waals surface area contributed by atoms with Gasteiger partial charge in [-0.1, -0.05) is 56.5 Å². The number of carbonyl (C=O) groups is 2. The van der Waals surface area contributed by atoms with Crippen LogP contribution in [0.25, 0.3) is 0 Å². The summed E-state index contributed by atoms with van der Waals surface area (Å²) in [6.45, 7) is 2.77. The number of nitrogens with zero attached hydrogens (tertiary/aromatic N) is 3. The third-order valence-electron chi connectivity index (χ3n) is 6.91. The van der Waals surface area contributed by atoms with E-state index in [4.69, 9.17) is 9.57 Å². The first-order valence-electron chi connectivity index (χ1n) is 12.9. The van der Waals surface area contributed by atoms with Crippen LogP contribution in [-0.2, 0) is 14.4 Å². The number of hydrogen-bond acceptors (Lipinski definition) is 7. The van der Waals surface area contributed by atoms with E-state index in [2.05, 4.69) is 6.92 Å². The molecule has 9 heteroatoms. The molecule has 2 fully saturated rings. The van der Waals surface area contributed by atoms with Crippen LogP contribution in [0.2, 0.25) is 0 Å². The van der Waals surface area contributed by atoms with Gasteiger partial charge in [-0.15, -0.1) is 0 Å². The number of amides is 2. The maximum absolute atomic E-state index is 13.8. The van der Waals surface area contributed by atoms with Gasteiger partial charge in [-0.05, 0) is 48.4 Å². The fourth-order valence-electron chi connectivity index (χ4n) is 5.04. The number of benzene rings is 3. The van der Waals surface area contributed by atoms with Crippen molar-refractivity contribution < 1.29 is 24.1 Å². The Bertz CT molecular complexity index is 1310. The number of anilines is 2. The van der Waals surface area contributed by atoms with Crippen molar-refractivity contribution in [1.82, 2.24) is 0 Å². The van der Waals surface area contributed by atoms with E-state index >= 15 is 0 Å². The van der Waals surface area contributed by atoms with Gasteiger partial charge in [-0.3, -0.25) is 24.5 Å². The molecule has 2 amide bonds. The topological polar surface area (TPSA) is 102 Å². The molecule has 2 saturated heterocycles. The second kappa shape index (κ2) is 11.0. The fraction of sp³-hybridized carbons (Fsp3) is 0.310. The number of hydroxylamine groups is 1. The van der Waals surface area contributed by atoms with Gasteiger partial charge < -0.3 is 4.74 Å². The van der Waals surface area contributed by atoms with Gasteiger partial charge in [0.1, 0.15) is 11.7 Å². The van der Waals surface area contributed by atoms with Crippen LogP contribution < -0.4 is 14.7 Å². The minimum Gasteiger partial charge on any atom is -0.494 e. The van der Waals surface area contributed by atoms with Gasteiger partial charge in [-0.2, -0.15) is 0 Å². The van der Waals surface area contributed by atoms with Crippen LogP contribution in [0.15, 0.2) is 78.9 Å². The molecule has 2 heterocycles. The molecular formula is C29H29N3O6. The van der Waals surface area contributed by atoms with E-state index in [1.807, 2.05) is 18.2 Å². The molecule has 196 valence electrons. The first-order valence-corrected chi connectivity index (χ1v) is 12.9. The molecule has 0 unspecified atom stereocenters. The highest BCUT2D eigenvalue weighted by Crippen LogP contribution is 2.48. The second-order valence-electron chi connectivity index (χ2n) is 9.42. The lowest BCUT2D eigenvalue weighted by molar-refractivity contribution is -0.384. The normalized spacial score (nSPS) is 20.6. The van der Waals surface area contributed by atoms with Crippen molar-refractivity contribution in [2.75, 3.05) is 16.6 Å². The molecule has 0 radical (unpaired) electrons. The zero-order valence-corrected chi connectivity index (χ0v) is 21.1. The van der Waals surface area contributed by atoms with E-state index in [9.17, 15) is 19.7 Å². The molecule has 3 aromatic rings. The molecule has 38 heavy (non-hydrogen) atoms. The van der Waals surface area contributed by atoms with Crippen LogP contribution in [0.4, 0.5) is 17.1 Å². The Labute approximate surface area is 220 Å². The van der Waals surface area contributed by atoms with Crippen LogP contribution in [0, 0.1) is 16.0 Å². The molecule has 0 N–H and O–H groups in total. The summed E-state index contributed by atoms with van der Waals surface area (Å²) in [6, 6.07) is 21.4. The summed E-state index contributed by atoms with van der Waals surface area (Å²) in [5.74, 6) is -1.09.